The van der Waals surface area contributed by atoms with E-state index in [1.165, 1.54) is 0 Å². The summed E-state index contributed by atoms with van der Waals surface area (Å²) in [6, 6.07) is 0. The molecule has 0 aliphatic rings. The normalized spacial score (nSPS) is 11.1. The summed E-state index contributed by atoms with van der Waals surface area (Å²) in [5, 5.41) is 8.32. The molecule has 0 aromatic rings. The number of carboxylic acid groups (broad SMARTS) is 1. The van der Waals surface area contributed by atoms with Crippen molar-refractivity contribution in [3.8, 4) is 0 Å². The van der Waals surface area contributed by atoms with Crippen LogP contribution in [0.5, 0.6) is 0 Å². The monoisotopic (exact) mass is 189 g/mol. The molecule has 0 aliphatic carbocycles. The van der Waals surface area contributed by atoms with E-state index in [1.54, 1.807) is 7.05 Å². The molecule has 0 bridgehead atoms. The van der Waals surface area contributed by atoms with E-state index in [1.807, 2.05) is 0 Å². The molecule has 0 atom stereocenters. The van der Waals surface area contributed by atoms with Crippen LogP contribution in [0, 0.1) is 0 Å². The quantitative estimate of drug-likeness (QED) is 0.117. The third kappa shape index (κ3) is 7.04. The number of hydrazine groups is 2. The smallest absolute Gasteiger partial charge is 0.303 e. The number of hydrogen-bond donors (Lipinski definition) is 5. The highest BCUT2D eigenvalue weighted by molar-refractivity contribution is 5.78. The van der Waals surface area contributed by atoms with Crippen LogP contribution in [-0.4, -0.2) is 30.6 Å². The lowest BCUT2D eigenvalue weighted by molar-refractivity contribution is -0.137. The van der Waals surface area contributed by atoms with Crippen molar-refractivity contribution in [3.63, 3.8) is 0 Å². The van der Waals surface area contributed by atoms with Gasteiger partial charge in [0.05, 0.1) is 0 Å². The summed E-state index contributed by atoms with van der Waals surface area (Å²) in [7, 11) is 1.67. The Bertz CT molecular complexity index is 182. The summed E-state index contributed by atoms with van der Waals surface area (Å²) < 4.78 is 0. The minimum atomic E-state index is -0.820. The Morgan fingerprint density at radius 3 is 2.77 bits per heavy atom. The van der Waals surface area contributed by atoms with Crippen molar-refractivity contribution >= 4 is 11.9 Å². The Morgan fingerprint density at radius 2 is 2.31 bits per heavy atom. The maximum Gasteiger partial charge on any atom is 0.303 e. The van der Waals surface area contributed by atoms with Crippen molar-refractivity contribution < 1.29 is 9.90 Å². The summed E-state index contributed by atoms with van der Waals surface area (Å²) >= 11 is 0. The maximum atomic E-state index is 10.1. The molecule has 0 saturated heterocycles. The van der Waals surface area contributed by atoms with Crippen LogP contribution in [0.15, 0.2) is 4.99 Å². The number of hydrogen-bond acceptors (Lipinski definition) is 4. The summed E-state index contributed by atoms with van der Waals surface area (Å²) in [4.78, 5) is 14.1. The van der Waals surface area contributed by atoms with Gasteiger partial charge in [0.15, 0.2) is 0 Å². The van der Waals surface area contributed by atoms with E-state index >= 15 is 0 Å². The molecule has 0 aliphatic heterocycles. The second-order valence-corrected chi connectivity index (χ2v) is 2.25. The molecule has 76 valence electrons. The first-order valence-electron chi connectivity index (χ1n) is 3.86. The summed E-state index contributed by atoms with van der Waals surface area (Å²) in [5.41, 5.74) is 7.59. The largest absolute Gasteiger partial charge is 0.481 e. The predicted octanol–water partition coefficient (Wildman–Crippen LogP) is -1.61. The standard InChI is InChI=1S/C6H15N5O2/c1-8-11-6(10-7)9-4-2-3-5(12)13/h8H,2-4,7H2,1H3,(H,12,13)(H2,9,10,11). The molecular weight excluding hydrogens is 174 g/mol. The second-order valence-electron chi connectivity index (χ2n) is 2.25. The van der Waals surface area contributed by atoms with Crippen LogP contribution in [0.3, 0.4) is 0 Å². The Hall–Kier alpha value is -1.34. The molecule has 13 heavy (non-hydrogen) atoms. The topological polar surface area (TPSA) is 112 Å². The lowest BCUT2D eigenvalue weighted by Crippen LogP contribution is -2.46. The van der Waals surface area contributed by atoms with Crippen LogP contribution in [0.2, 0.25) is 0 Å². The minimum Gasteiger partial charge on any atom is -0.481 e. The molecule has 7 nitrogen and oxygen atoms in total. The lowest BCUT2D eigenvalue weighted by Gasteiger charge is -2.06. The molecule has 0 aromatic carbocycles. The highest BCUT2D eigenvalue weighted by Crippen LogP contribution is 1.88. The van der Waals surface area contributed by atoms with Gasteiger partial charge in [0.1, 0.15) is 0 Å². The van der Waals surface area contributed by atoms with E-state index in [-0.39, 0.29) is 6.42 Å². The van der Waals surface area contributed by atoms with E-state index in [2.05, 4.69) is 21.3 Å². The van der Waals surface area contributed by atoms with Gasteiger partial charge in [-0.3, -0.25) is 20.6 Å². The van der Waals surface area contributed by atoms with Crippen molar-refractivity contribution in [2.45, 2.75) is 12.8 Å². The molecule has 0 unspecified atom stereocenters. The van der Waals surface area contributed by atoms with Crippen LogP contribution in [0.25, 0.3) is 0 Å². The Labute approximate surface area is 76.3 Å². The fourth-order valence-electron chi connectivity index (χ4n) is 0.661. The molecule has 0 fully saturated rings. The van der Waals surface area contributed by atoms with Crippen molar-refractivity contribution in [1.29, 1.82) is 0 Å². The van der Waals surface area contributed by atoms with Crippen molar-refractivity contribution in [3.05, 3.63) is 0 Å². The molecule has 0 radical (unpaired) electrons. The van der Waals surface area contributed by atoms with Gasteiger partial charge < -0.3 is 5.11 Å². The minimum absolute atomic E-state index is 0.112. The number of nitrogens with zero attached hydrogens (tertiary/aromatic N) is 1. The predicted molar refractivity (Wildman–Crippen MR) is 48.7 cm³/mol. The molecule has 7 heteroatoms. The Morgan fingerprint density at radius 1 is 1.62 bits per heavy atom. The van der Waals surface area contributed by atoms with Gasteiger partial charge in [-0.1, -0.05) is 0 Å². The fourth-order valence-corrected chi connectivity index (χ4v) is 0.661. The van der Waals surface area contributed by atoms with Gasteiger partial charge in [0.2, 0.25) is 5.96 Å². The zero-order valence-corrected chi connectivity index (χ0v) is 7.50. The number of guanidine groups is 1. The highest BCUT2D eigenvalue weighted by atomic mass is 16.4. The van der Waals surface area contributed by atoms with Crippen molar-refractivity contribution in [2.75, 3.05) is 13.6 Å². The van der Waals surface area contributed by atoms with Gasteiger partial charge in [-0.05, 0) is 6.42 Å². The number of aliphatic carboxylic acids is 1. The van der Waals surface area contributed by atoms with Crippen molar-refractivity contribution in [1.82, 2.24) is 16.3 Å². The summed E-state index contributed by atoms with van der Waals surface area (Å²) in [5.74, 6) is 4.66. The van der Waals surface area contributed by atoms with E-state index in [0.29, 0.717) is 18.9 Å². The number of nitrogens with two attached hydrogens (primary N) is 1. The van der Waals surface area contributed by atoms with Gasteiger partial charge in [-0.25, -0.2) is 11.3 Å². The van der Waals surface area contributed by atoms with Gasteiger partial charge in [0, 0.05) is 20.0 Å². The number of rotatable bonds is 5. The lowest BCUT2D eigenvalue weighted by atomic mass is 10.3. The second kappa shape index (κ2) is 7.32. The molecule has 0 spiro atoms. The van der Waals surface area contributed by atoms with Gasteiger partial charge in [-0.2, -0.15) is 0 Å². The third-order valence-corrected chi connectivity index (χ3v) is 1.20. The zero-order chi connectivity index (χ0) is 10.1. The van der Waals surface area contributed by atoms with Crippen LogP contribution in [-0.2, 0) is 4.79 Å². The number of aliphatic imine (C=N–C) groups is 1. The van der Waals surface area contributed by atoms with Crippen molar-refractivity contribution in [2.24, 2.45) is 10.8 Å². The number of carboxylic acids is 1. The average molecular weight is 189 g/mol. The highest BCUT2D eigenvalue weighted by Gasteiger charge is 1.96. The van der Waals surface area contributed by atoms with Gasteiger partial charge in [-0.15, -0.1) is 0 Å². The van der Waals surface area contributed by atoms with Gasteiger partial charge >= 0.3 is 5.97 Å². The average Bonchev–Trinajstić information content (AvgIpc) is 2.10. The third-order valence-electron chi connectivity index (χ3n) is 1.20. The van der Waals surface area contributed by atoms with E-state index in [0.717, 1.165) is 0 Å². The molecule has 0 heterocycles. The van der Waals surface area contributed by atoms with E-state index in [4.69, 9.17) is 10.9 Å². The first kappa shape index (κ1) is 11.7. The fraction of sp³-hybridized carbons (Fsp3) is 0.667. The summed E-state index contributed by atoms with van der Waals surface area (Å²) in [6.45, 7) is 0.417. The number of nitrogens with one attached hydrogen (secondary N) is 3. The van der Waals surface area contributed by atoms with Crippen LogP contribution >= 0.6 is 0 Å². The van der Waals surface area contributed by atoms with E-state index in [9.17, 15) is 4.79 Å². The first-order chi connectivity index (χ1) is 6.20. The van der Waals surface area contributed by atoms with Crippen LogP contribution < -0.4 is 22.1 Å². The molecule has 0 rings (SSSR count). The number of carbonyl (C=O) groups is 1. The van der Waals surface area contributed by atoms with Gasteiger partial charge in [0.25, 0.3) is 0 Å². The first-order valence-corrected chi connectivity index (χ1v) is 3.86. The Balaban J connectivity index is 3.60. The SMILES string of the molecule is CNNC(=NCCCC(=O)O)NN. The van der Waals surface area contributed by atoms with Crippen LogP contribution in [0.1, 0.15) is 12.8 Å². The van der Waals surface area contributed by atoms with E-state index < -0.39 is 5.97 Å². The molecule has 0 amide bonds. The summed E-state index contributed by atoms with van der Waals surface area (Å²) in [6.07, 6.45) is 0.604. The molecular formula is C6H15N5O2. The molecule has 0 saturated carbocycles. The Kier molecular flexibility index (Phi) is 6.56. The molecule has 6 N–H and O–H groups in total. The maximum absolute atomic E-state index is 10.1. The van der Waals surface area contributed by atoms with Crippen LogP contribution in [0.4, 0.5) is 0 Å². The zero-order valence-electron chi connectivity index (χ0n) is 7.50. The molecule has 0 aromatic heterocycles.